The molecule has 0 aliphatic carbocycles. The number of carbonyl (C=O) groups is 1. The molecule has 0 rings (SSSR count). The van der Waals surface area contributed by atoms with Gasteiger partial charge < -0.3 is 15.3 Å². The molecule has 0 bridgehead atoms. The zero-order valence-corrected chi connectivity index (χ0v) is 16.7. The zero-order valence-electron chi connectivity index (χ0n) is 16.7. The fourth-order valence-electron chi connectivity index (χ4n) is 2.69. The van der Waals surface area contributed by atoms with E-state index < -0.39 is 5.97 Å². The molecule has 0 radical (unpaired) electrons. The molecule has 0 unspecified atom stereocenters. The summed E-state index contributed by atoms with van der Waals surface area (Å²) in [5.74, 6) is -0.666. The Balaban J connectivity index is 0. The van der Waals surface area contributed by atoms with E-state index in [1.54, 1.807) is 0 Å². The average Bonchev–Trinajstić information content (AvgIpc) is 2.60. The fraction of sp³-hybridized carbons (Fsp3) is 0.952. The van der Waals surface area contributed by atoms with Gasteiger partial charge in [-0.1, -0.05) is 90.4 Å². The summed E-state index contributed by atoms with van der Waals surface area (Å²) in [6.07, 6.45) is 19.4. The first kappa shape index (κ1) is 26.6. The second-order valence-electron chi connectivity index (χ2n) is 6.89. The Bertz CT molecular complexity index is 232. The molecule has 0 saturated heterocycles. The van der Waals surface area contributed by atoms with E-state index in [0.717, 1.165) is 25.7 Å². The van der Waals surface area contributed by atoms with E-state index in [0.29, 0.717) is 19.6 Å². The van der Waals surface area contributed by atoms with E-state index in [-0.39, 0.29) is 0 Å². The highest BCUT2D eigenvalue weighted by molar-refractivity contribution is 5.66. The molecule has 4 heteroatoms. The van der Waals surface area contributed by atoms with Crippen molar-refractivity contribution in [3.63, 3.8) is 0 Å². The van der Waals surface area contributed by atoms with Gasteiger partial charge in [-0.2, -0.15) is 0 Å². The highest BCUT2D eigenvalue weighted by Crippen LogP contribution is 2.10. The molecule has 0 atom stereocenters. The highest BCUT2D eigenvalue weighted by atomic mass is 16.4. The maximum atomic E-state index is 10.1. The van der Waals surface area contributed by atoms with Crippen LogP contribution in [0.1, 0.15) is 116 Å². The van der Waals surface area contributed by atoms with Gasteiger partial charge in [-0.3, -0.25) is 4.79 Å². The van der Waals surface area contributed by atoms with Gasteiger partial charge in [0.1, 0.15) is 0 Å². The monoisotopic (exact) mass is 360 g/mol. The van der Waals surface area contributed by atoms with Crippen LogP contribution < -0.4 is 0 Å². The first-order valence-electron chi connectivity index (χ1n) is 10.6. The van der Waals surface area contributed by atoms with Gasteiger partial charge in [-0.25, -0.2) is 0 Å². The number of aliphatic carboxylic acids is 1. The predicted molar refractivity (Wildman–Crippen MR) is 106 cm³/mol. The molecule has 0 aromatic rings. The predicted octanol–water partition coefficient (Wildman–Crippen LogP) is 5.69. The summed E-state index contributed by atoms with van der Waals surface area (Å²) in [5.41, 5.74) is 0. The van der Waals surface area contributed by atoms with Gasteiger partial charge in [0.15, 0.2) is 0 Å². The lowest BCUT2D eigenvalue weighted by Gasteiger charge is -2.01. The molecule has 0 aliphatic rings. The lowest BCUT2D eigenvalue weighted by molar-refractivity contribution is -0.137. The normalized spacial score (nSPS) is 10.4. The maximum Gasteiger partial charge on any atom is 0.303 e. The Morgan fingerprint density at radius 3 is 1.20 bits per heavy atom. The van der Waals surface area contributed by atoms with E-state index in [4.69, 9.17) is 15.3 Å². The van der Waals surface area contributed by atoms with Gasteiger partial charge in [0.25, 0.3) is 0 Å². The molecule has 0 saturated carbocycles. The standard InChI is InChI=1S/C12H26O2.C9H18O2/c13-11-9-7-5-3-1-2-4-6-8-10-12-14;1-2-3-4-5-6-7-8-9(10)11/h13-14H,1-12H2;2-8H2,1H3,(H,10,11). The molecule has 25 heavy (non-hydrogen) atoms. The van der Waals surface area contributed by atoms with E-state index >= 15 is 0 Å². The summed E-state index contributed by atoms with van der Waals surface area (Å²) >= 11 is 0. The topological polar surface area (TPSA) is 77.8 Å². The number of aliphatic hydroxyl groups excluding tert-OH is 2. The van der Waals surface area contributed by atoms with Crippen molar-refractivity contribution >= 4 is 5.97 Å². The fourth-order valence-corrected chi connectivity index (χ4v) is 2.69. The van der Waals surface area contributed by atoms with Gasteiger partial charge in [0.05, 0.1) is 0 Å². The molecule has 4 nitrogen and oxygen atoms in total. The SMILES string of the molecule is CCCCCCCCC(=O)O.OCCCCCCCCCCCCO. The molecule has 0 fully saturated rings. The van der Waals surface area contributed by atoms with Crippen LogP contribution in [0.3, 0.4) is 0 Å². The third-order valence-corrected chi connectivity index (χ3v) is 4.31. The molecule has 0 heterocycles. The van der Waals surface area contributed by atoms with Crippen molar-refractivity contribution in [3.05, 3.63) is 0 Å². The number of carboxylic acid groups (broad SMARTS) is 1. The Hall–Kier alpha value is -0.610. The number of unbranched alkanes of at least 4 members (excludes halogenated alkanes) is 14. The Morgan fingerprint density at radius 2 is 0.880 bits per heavy atom. The Morgan fingerprint density at radius 1 is 0.560 bits per heavy atom. The van der Waals surface area contributed by atoms with Gasteiger partial charge in [0, 0.05) is 19.6 Å². The lowest BCUT2D eigenvalue weighted by Crippen LogP contribution is -1.93. The van der Waals surface area contributed by atoms with Crippen LogP contribution in [0.5, 0.6) is 0 Å². The van der Waals surface area contributed by atoms with Crippen LogP contribution >= 0.6 is 0 Å². The minimum Gasteiger partial charge on any atom is -0.481 e. The minimum absolute atomic E-state index is 0.339. The molecule has 3 N–H and O–H groups in total. The molecule has 0 amide bonds. The zero-order chi connectivity index (χ0) is 19.0. The molecule has 0 spiro atoms. The molecular formula is C21H44O4. The Kier molecular flexibility index (Phi) is 27.3. The van der Waals surface area contributed by atoms with Crippen LogP contribution in [0.25, 0.3) is 0 Å². The maximum absolute atomic E-state index is 10.1. The van der Waals surface area contributed by atoms with Crippen molar-refractivity contribution in [1.29, 1.82) is 0 Å². The van der Waals surface area contributed by atoms with Crippen molar-refractivity contribution < 1.29 is 20.1 Å². The number of hydrogen-bond acceptors (Lipinski definition) is 3. The van der Waals surface area contributed by atoms with E-state index in [1.165, 1.54) is 77.0 Å². The van der Waals surface area contributed by atoms with Crippen LogP contribution in [-0.4, -0.2) is 34.5 Å². The molecule has 0 aliphatic heterocycles. The summed E-state index contributed by atoms with van der Waals surface area (Å²) in [7, 11) is 0. The van der Waals surface area contributed by atoms with Crippen LogP contribution in [0.4, 0.5) is 0 Å². The largest absolute Gasteiger partial charge is 0.481 e. The number of aliphatic hydroxyl groups is 2. The second kappa shape index (κ2) is 25.6. The second-order valence-corrected chi connectivity index (χ2v) is 6.89. The minimum atomic E-state index is -0.666. The van der Waals surface area contributed by atoms with Crippen molar-refractivity contribution in [1.82, 2.24) is 0 Å². The summed E-state index contributed by atoms with van der Waals surface area (Å²) < 4.78 is 0. The number of carboxylic acids is 1. The first-order chi connectivity index (χ1) is 12.2. The molecular weight excluding hydrogens is 316 g/mol. The van der Waals surface area contributed by atoms with Crippen molar-refractivity contribution in [2.24, 2.45) is 0 Å². The number of rotatable bonds is 18. The van der Waals surface area contributed by atoms with Crippen molar-refractivity contribution in [3.8, 4) is 0 Å². The first-order valence-corrected chi connectivity index (χ1v) is 10.6. The summed E-state index contributed by atoms with van der Waals surface area (Å²) in [6, 6.07) is 0. The molecule has 0 aromatic heterocycles. The highest BCUT2D eigenvalue weighted by Gasteiger charge is 1.95. The molecule has 0 aromatic carbocycles. The summed E-state index contributed by atoms with van der Waals surface area (Å²) in [4.78, 5) is 10.1. The van der Waals surface area contributed by atoms with Gasteiger partial charge in [-0.15, -0.1) is 0 Å². The average molecular weight is 361 g/mol. The lowest BCUT2D eigenvalue weighted by atomic mass is 10.1. The van der Waals surface area contributed by atoms with Gasteiger partial charge in [0.2, 0.25) is 0 Å². The Labute approximate surface area is 156 Å². The van der Waals surface area contributed by atoms with E-state index in [2.05, 4.69) is 6.92 Å². The molecule has 152 valence electrons. The van der Waals surface area contributed by atoms with Crippen LogP contribution in [-0.2, 0) is 4.79 Å². The van der Waals surface area contributed by atoms with Crippen molar-refractivity contribution in [2.75, 3.05) is 13.2 Å². The van der Waals surface area contributed by atoms with E-state index in [9.17, 15) is 4.79 Å². The summed E-state index contributed by atoms with van der Waals surface area (Å²) in [5, 5.41) is 25.5. The van der Waals surface area contributed by atoms with Crippen LogP contribution in [0.2, 0.25) is 0 Å². The van der Waals surface area contributed by atoms with Crippen LogP contribution in [0, 0.1) is 0 Å². The van der Waals surface area contributed by atoms with E-state index in [1.807, 2.05) is 0 Å². The third kappa shape index (κ3) is 31.6. The van der Waals surface area contributed by atoms with Crippen LogP contribution in [0.15, 0.2) is 0 Å². The number of hydrogen-bond donors (Lipinski definition) is 3. The van der Waals surface area contributed by atoms with Gasteiger partial charge in [-0.05, 0) is 19.3 Å². The third-order valence-electron chi connectivity index (χ3n) is 4.31. The van der Waals surface area contributed by atoms with Gasteiger partial charge >= 0.3 is 5.97 Å². The quantitative estimate of drug-likeness (QED) is 0.274. The van der Waals surface area contributed by atoms with Crippen molar-refractivity contribution in [2.45, 2.75) is 116 Å². The summed E-state index contributed by atoms with van der Waals surface area (Å²) in [6.45, 7) is 2.87. The smallest absolute Gasteiger partial charge is 0.303 e.